The molecule has 5 heteroatoms. The highest BCUT2D eigenvalue weighted by molar-refractivity contribution is 5.51. The first-order valence-electron chi connectivity index (χ1n) is 9.40. The molecule has 5 rings (SSSR count). The molecule has 132 valence electrons. The Hall–Kier alpha value is -2.53. The second kappa shape index (κ2) is 6.65. The maximum absolute atomic E-state index is 5.63. The molecule has 26 heavy (non-hydrogen) atoms. The zero-order chi connectivity index (χ0) is 17.3. The highest BCUT2D eigenvalue weighted by atomic mass is 16.5. The summed E-state index contributed by atoms with van der Waals surface area (Å²) in [5.74, 6) is 1.81. The molecule has 3 aromatic rings. The van der Waals surface area contributed by atoms with Gasteiger partial charge in [0.1, 0.15) is 0 Å². The molecule has 0 amide bonds. The Morgan fingerprint density at radius 1 is 1.00 bits per heavy atom. The first kappa shape index (κ1) is 15.7. The lowest BCUT2D eigenvalue weighted by molar-refractivity contribution is 0.109. The number of aromatic nitrogens is 3. The number of rotatable bonds is 4. The van der Waals surface area contributed by atoms with Crippen molar-refractivity contribution in [1.29, 1.82) is 0 Å². The highest BCUT2D eigenvalue weighted by Gasteiger charge is 2.42. The van der Waals surface area contributed by atoms with Crippen LogP contribution in [-0.2, 0) is 6.54 Å². The van der Waals surface area contributed by atoms with Crippen molar-refractivity contribution in [2.45, 2.75) is 50.2 Å². The summed E-state index contributed by atoms with van der Waals surface area (Å²) in [7, 11) is 0. The molecule has 2 aromatic heterocycles. The van der Waals surface area contributed by atoms with Gasteiger partial charge in [-0.15, -0.1) is 0 Å². The Morgan fingerprint density at radius 3 is 2.54 bits per heavy atom. The third-order valence-electron chi connectivity index (χ3n) is 5.80. The van der Waals surface area contributed by atoms with E-state index in [1.165, 1.54) is 18.4 Å². The summed E-state index contributed by atoms with van der Waals surface area (Å²) in [4.78, 5) is 11.5. The minimum Gasteiger partial charge on any atom is -0.339 e. The average molecular weight is 346 g/mol. The molecule has 1 unspecified atom stereocenters. The molecule has 4 heterocycles. The molecule has 0 radical (unpaired) electrons. The molecular formula is C21H22N4O. The van der Waals surface area contributed by atoms with Crippen molar-refractivity contribution in [2.24, 2.45) is 0 Å². The van der Waals surface area contributed by atoms with E-state index >= 15 is 0 Å². The van der Waals surface area contributed by atoms with Crippen LogP contribution < -0.4 is 0 Å². The van der Waals surface area contributed by atoms with Crippen molar-refractivity contribution in [1.82, 2.24) is 20.0 Å². The van der Waals surface area contributed by atoms with Gasteiger partial charge >= 0.3 is 0 Å². The summed E-state index contributed by atoms with van der Waals surface area (Å²) in [6, 6.07) is 15.9. The van der Waals surface area contributed by atoms with Crippen molar-refractivity contribution in [3.63, 3.8) is 0 Å². The summed E-state index contributed by atoms with van der Waals surface area (Å²) in [6.07, 6.45) is 8.30. The van der Waals surface area contributed by atoms with Crippen molar-refractivity contribution in [3.05, 3.63) is 66.3 Å². The van der Waals surface area contributed by atoms with Crippen LogP contribution in [0.2, 0.25) is 0 Å². The zero-order valence-corrected chi connectivity index (χ0v) is 14.7. The molecule has 2 aliphatic rings. The SMILES string of the molecule is c1ccc(CN2[C@@H]3CC[C@H]2CC(c2nc(-c4cccnc4)no2)C3)cc1. The van der Waals surface area contributed by atoms with Crippen molar-refractivity contribution in [3.8, 4) is 11.4 Å². The Balaban J connectivity index is 1.31. The van der Waals surface area contributed by atoms with Gasteiger partial charge in [-0.25, -0.2) is 0 Å². The van der Waals surface area contributed by atoms with Gasteiger partial charge in [-0.2, -0.15) is 4.98 Å². The number of piperidine rings is 1. The minimum atomic E-state index is 0.373. The topological polar surface area (TPSA) is 55.1 Å². The number of hydrogen-bond donors (Lipinski definition) is 0. The molecule has 5 nitrogen and oxygen atoms in total. The second-order valence-electron chi connectivity index (χ2n) is 7.41. The Bertz CT molecular complexity index is 850. The van der Waals surface area contributed by atoms with Gasteiger partial charge in [0.15, 0.2) is 0 Å². The largest absolute Gasteiger partial charge is 0.339 e. The number of hydrogen-bond acceptors (Lipinski definition) is 5. The van der Waals surface area contributed by atoms with Crippen LogP contribution in [0.25, 0.3) is 11.4 Å². The van der Waals surface area contributed by atoms with Crippen LogP contribution in [0.4, 0.5) is 0 Å². The quantitative estimate of drug-likeness (QED) is 0.713. The lowest BCUT2D eigenvalue weighted by atomic mass is 9.90. The predicted molar refractivity (Wildman–Crippen MR) is 98.3 cm³/mol. The van der Waals surface area contributed by atoms with E-state index in [-0.39, 0.29) is 0 Å². The van der Waals surface area contributed by atoms with Gasteiger partial charge in [-0.3, -0.25) is 9.88 Å². The van der Waals surface area contributed by atoms with E-state index in [4.69, 9.17) is 4.52 Å². The van der Waals surface area contributed by atoms with Gasteiger partial charge in [0, 0.05) is 42.5 Å². The molecule has 2 fully saturated rings. The third kappa shape index (κ3) is 2.92. The van der Waals surface area contributed by atoms with Gasteiger partial charge in [0.25, 0.3) is 0 Å². The van der Waals surface area contributed by atoms with Crippen LogP contribution in [-0.4, -0.2) is 32.1 Å². The number of fused-ring (bicyclic) bond motifs is 2. The highest BCUT2D eigenvalue weighted by Crippen LogP contribution is 2.43. The van der Waals surface area contributed by atoms with E-state index in [1.54, 1.807) is 12.4 Å². The fraction of sp³-hybridized carbons (Fsp3) is 0.381. The van der Waals surface area contributed by atoms with Gasteiger partial charge in [-0.1, -0.05) is 35.5 Å². The summed E-state index contributed by atoms with van der Waals surface area (Å²) in [5.41, 5.74) is 2.31. The maximum atomic E-state index is 5.63. The van der Waals surface area contributed by atoms with Crippen molar-refractivity contribution >= 4 is 0 Å². The zero-order valence-electron chi connectivity index (χ0n) is 14.7. The Morgan fingerprint density at radius 2 is 1.81 bits per heavy atom. The van der Waals surface area contributed by atoms with E-state index in [0.717, 1.165) is 30.8 Å². The normalized spacial score (nSPS) is 25.5. The predicted octanol–water partition coefficient (Wildman–Crippen LogP) is 4.04. The Kier molecular flexibility index (Phi) is 4.02. The molecule has 2 bridgehead atoms. The summed E-state index contributed by atoms with van der Waals surface area (Å²) >= 11 is 0. The first-order valence-corrected chi connectivity index (χ1v) is 9.40. The van der Waals surface area contributed by atoms with E-state index in [1.807, 2.05) is 12.1 Å². The van der Waals surface area contributed by atoms with Gasteiger partial charge in [-0.05, 0) is 43.4 Å². The van der Waals surface area contributed by atoms with Crippen LogP contribution in [0.1, 0.15) is 43.1 Å². The third-order valence-corrected chi connectivity index (χ3v) is 5.80. The van der Waals surface area contributed by atoms with Gasteiger partial charge < -0.3 is 4.52 Å². The lowest BCUT2D eigenvalue weighted by Gasteiger charge is -2.37. The fourth-order valence-electron chi connectivity index (χ4n) is 4.54. The molecule has 2 aliphatic heterocycles. The van der Waals surface area contributed by atoms with Crippen molar-refractivity contribution in [2.75, 3.05) is 0 Å². The lowest BCUT2D eigenvalue weighted by Crippen LogP contribution is -2.41. The monoisotopic (exact) mass is 346 g/mol. The molecule has 2 saturated heterocycles. The molecule has 0 N–H and O–H groups in total. The van der Waals surface area contributed by atoms with Crippen LogP contribution in [0.5, 0.6) is 0 Å². The molecule has 0 aliphatic carbocycles. The van der Waals surface area contributed by atoms with Crippen LogP contribution in [0.15, 0.2) is 59.4 Å². The summed E-state index contributed by atoms with van der Waals surface area (Å²) < 4.78 is 5.63. The smallest absolute Gasteiger partial charge is 0.230 e. The summed E-state index contributed by atoms with van der Waals surface area (Å²) in [5, 5.41) is 4.18. The maximum Gasteiger partial charge on any atom is 0.230 e. The minimum absolute atomic E-state index is 0.373. The van der Waals surface area contributed by atoms with Gasteiger partial charge in [0.2, 0.25) is 11.7 Å². The van der Waals surface area contributed by atoms with Crippen LogP contribution in [0.3, 0.4) is 0 Å². The second-order valence-corrected chi connectivity index (χ2v) is 7.41. The molecule has 3 atom stereocenters. The van der Waals surface area contributed by atoms with E-state index in [2.05, 4.69) is 50.4 Å². The standard InChI is InChI=1S/C21H22N4O/c1-2-5-15(6-3-1)14-25-18-8-9-19(25)12-17(11-18)21-23-20(24-26-21)16-7-4-10-22-13-16/h1-7,10,13,17-19H,8-9,11-12,14H2/t17?,18-,19+. The molecule has 1 aromatic carbocycles. The van der Waals surface area contributed by atoms with E-state index in [0.29, 0.717) is 23.8 Å². The summed E-state index contributed by atoms with van der Waals surface area (Å²) in [6.45, 7) is 1.05. The van der Waals surface area contributed by atoms with Crippen LogP contribution >= 0.6 is 0 Å². The molecular weight excluding hydrogens is 324 g/mol. The number of pyridine rings is 1. The Labute approximate surface area is 153 Å². The fourth-order valence-corrected chi connectivity index (χ4v) is 4.54. The number of benzene rings is 1. The molecule has 0 saturated carbocycles. The number of nitrogens with zero attached hydrogens (tertiary/aromatic N) is 4. The molecule has 0 spiro atoms. The van der Waals surface area contributed by atoms with Crippen LogP contribution in [0, 0.1) is 0 Å². The van der Waals surface area contributed by atoms with E-state index < -0.39 is 0 Å². The van der Waals surface area contributed by atoms with E-state index in [9.17, 15) is 0 Å². The first-order chi connectivity index (χ1) is 12.9. The van der Waals surface area contributed by atoms with Crippen molar-refractivity contribution < 1.29 is 4.52 Å². The average Bonchev–Trinajstić information content (AvgIpc) is 3.26. The van der Waals surface area contributed by atoms with Gasteiger partial charge in [0.05, 0.1) is 0 Å².